The Hall–Kier alpha value is -1.55. The molecule has 0 aliphatic carbocycles. The molecule has 176 valence electrons. The Bertz CT molecular complexity index is 846. The number of halogens is 1. The number of rotatable bonds is 11. The van der Waals surface area contributed by atoms with Gasteiger partial charge in [-0.2, -0.15) is 0 Å². The number of ether oxygens (including phenoxy) is 1. The van der Waals surface area contributed by atoms with Gasteiger partial charge in [0.25, 0.3) is 5.69 Å². The van der Waals surface area contributed by atoms with Crippen molar-refractivity contribution in [2.75, 3.05) is 46.0 Å². The molecule has 1 heterocycles. The first-order valence-electron chi connectivity index (χ1n) is 9.77. The predicted molar refractivity (Wildman–Crippen MR) is 127 cm³/mol. The number of non-ortho nitro benzene ring substituents is 1. The second kappa shape index (κ2) is 13.1. The van der Waals surface area contributed by atoms with E-state index in [1.54, 1.807) is 0 Å². The first-order chi connectivity index (χ1) is 14.3. The van der Waals surface area contributed by atoms with Crippen LogP contribution in [0.25, 0.3) is 0 Å². The lowest BCUT2D eigenvalue weighted by molar-refractivity contribution is -0.385. The van der Waals surface area contributed by atoms with Gasteiger partial charge in [-0.3, -0.25) is 15.1 Å². The summed E-state index contributed by atoms with van der Waals surface area (Å²) in [7, 11) is -3.87. The van der Waals surface area contributed by atoms with E-state index in [1.165, 1.54) is 18.2 Å². The molecule has 0 saturated carbocycles. The summed E-state index contributed by atoms with van der Waals surface area (Å²) in [5, 5.41) is 26.3. The van der Waals surface area contributed by atoms with Gasteiger partial charge in [0.15, 0.2) is 5.96 Å². The monoisotopic (exact) mass is 571 g/mol. The highest BCUT2D eigenvalue weighted by Crippen LogP contribution is 2.32. The molecule has 0 amide bonds. The van der Waals surface area contributed by atoms with Crippen LogP contribution in [0.2, 0.25) is 0 Å². The summed E-state index contributed by atoms with van der Waals surface area (Å²) in [6, 6.07) is 4.89. The minimum absolute atomic E-state index is 0. The third kappa shape index (κ3) is 8.48. The average Bonchev–Trinajstić information content (AvgIpc) is 3.18. The minimum Gasteiger partial charge on any atom is -0.396 e. The number of nitrogens with zero attached hydrogens (tertiary/aromatic N) is 2. The van der Waals surface area contributed by atoms with Gasteiger partial charge < -0.3 is 20.5 Å². The maximum Gasteiger partial charge on any atom is 0.270 e. The standard InChI is InChI=1S/C18H29N5O6S.HI/c1-2-19-17(21-13-18(6-10-24)7-11-29-14-18)20-8-9-22-30(27,28)16-5-3-4-15(12-16)23(25)26;/h3-5,12,22,24H,2,6-11,13-14H2,1H3,(H2,19,20,21);1H. The van der Waals surface area contributed by atoms with Crippen molar-refractivity contribution >= 4 is 45.6 Å². The number of nitro benzene ring substituents is 1. The normalized spacial score (nSPS) is 19.0. The van der Waals surface area contributed by atoms with Crippen LogP contribution >= 0.6 is 24.0 Å². The second-order valence-electron chi connectivity index (χ2n) is 7.05. The first-order valence-corrected chi connectivity index (χ1v) is 11.3. The van der Waals surface area contributed by atoms with Crippen LogP contribution in [0.5, 0.6) is 0 Å². The molecular weight excluding hydrogens is 541 g/mol. The summed E-state index contributed by atoms with van der Waals surface area (Å²) in [6.45, 7) is 4.66. The average molecular weight is 571 g/mol. The number of aliphatic imine (C=N–C) groups is 1. The van der Waals surface area contributed by atoms with Crippen LogP contribution in [0.15, 0.2) is 34.2 Å². The molecule has 0 aromatic heterocycles. The van der Waals surface area contributed by atoms with Crippen LogP contribution in [0.1, 0.15) is 19.8 Å². The van der Waals surface area contributed by atoms with Gasteiger partial charge >= 0.3 is 0 Å². The smallest absolute Gasteiger partial charge is 0.270 e. The molecule has 1 aromatic carbocycles. The van der Waals surface area contributed by atoms with E-state index in [1.807, 2.05) is 6.92 Å². The van der Waals surface area contributed by atoms with Crippen LogP contribution in [0, 0.1) is 15.5 Å². The number of nitro groups is 1. The predicted octanol–water partition coefficient (Wildman–Crippen LogP) is 0.835. The summed E-state index contributed by atoms with van der Waals surface area (Å²) >= 11 is 0. The Morgan fingerprint density at radius 1 is 1.35 bits per heavy atom. The lowest BCUT2D eigenvalue weighted by Crippen LogP contribution is -2.42. The van der Waals surface area contributed by atoms with Crippen molar-refractivity contribution in [3.63, 3.8) is 0 Å². The van der Waals surface area contributed by atoms with Gasteiger partial charge in [0.2, 0.25) is 10.0 Å². The zero-order valence-electron chi connectivity index (χ0n) is 17.4. The second-order valence-corrected chi connectivity index (χ2v) is 8.82. The van der Waals surface area contributed by atoms with E-state index in [2.05, 4.69) is 20.3 Å². The SMILES string of the molecule is CCNC(=NCC1(CCO)CCOC1)NCCNS(=O)(=O)c1cccc([N+](=O)[O-])c1.I. The molecule has 13 heteroatoms. The van der Waals surface area contributed by atoms with Crippen molar-refractivity contribution in [1.82, 2.24) is 15.4 Å². The lowest BCUT2D eigenvalue weighted by Gasteiger charge is -2.24. The first kappa shape index (κ1) is 27.5. The molecule has 1 atom stereocenters. The third-order valence-corrected chi connectivity index (χ3v) is 6.25. The van der Waals surface area contributed by atoms with Crippen molar-refractivity contribution < 1.29 is 23.2 Å². The molecule has 0 bridgehead atoms. The maximum atomic E-state index is 12.3. The Morgan fingerprint density at radius 3 is 2.74 bits per heavy atom. The molecule has 1 fully saturated rings. The van der Waals surface area contributed by atoms with Crippen molar-refractivity contribution in [3.8, 4) is 0 Å². The zero-order valence-corrected chi connectivity index (χ0v) is 20.5. The van der Waals surface area contributed by atoms with Crippen LogP contribution in [0.4, 0.5) is 5.69 Å². The molecule has 11 nitrogen and oxygen atoms in total. The Morgan fingerprint density at radius 2 is 2.13 bits per heavy atom. The van der Waals surface area contributed by atoms with Crippen LogP contribution in [-0.2, 0) is 14.8 Å². The number of aliphatic hydroxyl groups is 1. The lowest BCUT2D eigenvalue weighted by atomic mass is 9.84. The molecule has 1 aliphatic rings. The van der Waals surface area contributed by atoms with Crippen molar-refractivity contribution in [2.24, 2.45) is 10.4 Å². The highest BCUT2D eigenvalue weighted by Gasteiger charge is 2.34. The molecule has 2 rings (SSSR count). The van der Waals surface area contributed by atoms with Gasteiger partial charge in [-0.05, 0) is 25.8 Å². The van der Waals surface area contributed by atoms with Crippen LogP contribution < -0.4 is 15.4 Å². The third-order valence-electron chi connectivity index (χ3n) is 4.79. The fraction of sp³-hybridized carbons (Fsp3) is 0.611. The van der Waals surface area contributed by atoms with Crippen LogP contribution in [-0.4, -0.2) is 70.4 Å². The molecule has 1 aliphatic heterocycles. The fourth-order valence-electron chi connectivity index (χ4n) is 3.09. The summed E-state index contributed by atoms with van der Waals surface area (Å²) in [5.41, 5.74) is -0.467. The molecule has 1 unspecified atom stereocenters. The topological polar surface area (TPSA) is 155 Å². The molecule has 1 saturated heterocycles. The Balaban J connectivity index is 0.00000480. The van der Waals surface area contributed by atoms with Gasteiger partial charge in [-0.25, -0.2) is 13.1 Å². The van der Waals surface area contributed by atoms with Crippen LogP contribution in [0.3, 0.4) is 0 Å². The summed E-state index contributed by atoms with van der Waals surface area (Å²) in [6.07, 6.45) is 1.44. The zero-order chi connectivity index (χ0) is 22.0. The summed E-state index contributed by atoms with van der Waals surface area (Å²) in [4.78, 5) is 14.6. The van der Waals surface area contributed by atoms with Crippen molar-refractivity contribution in [1.29, 1.82) is 0 Å². The number of benzene rings is 1. The van der Waals surface area contributed by atoms with Crippen molar-refractivity contribution in [2.45, 2.75) is 24.7 Å². The molecule has 0 spiro atoms. The molecule has 31 heavy (non-hydrogen) atoms. The number of sulfonamides is 1. The van der Waals surface area contributed by atoms with Gasteiger partial charge in [-0.1, -0.05) is 6.07 Å². The van der Waals surface area contributed by atoms with Crippen molar-refractivity contribution in [3.05, 3.63) is 34.4 Å². The van der Waals surface area contributed by atoms with Gasteiger partial charge in [-0.15, -0.1) is 24.0 Å². The summed E-state index contributed by atoms with van der Waals surface area (Å²) in [5.74, 6) is 0.538. The maximum absolute atomic E-state index is 12.3. The van der Waals surface area contributed by atoms with E-state index in [-0.39, 0.29) is 59.7 Å². The van der Waals surface area contributed by atoms with Gasteiger partial charge in [0.05, 0.1) is 23.0 Å². The minimum atomic E-state index is -3.87. The number of nitrogens with one attached hydrogen (secondary N) is 3. The van der Waals surface area contributed by atoms with E-state index in [0.29, 0.717) is 38.7 Å². The van der Waals surface area contributed by atoms with E-state index in [4.69, 9.17) is 4.74 Å². The Kier molecular flexibility index (Phi) is 11.6. The number of hydrogen-bond donors (Lipinski definition) is 4. The van der Waals surface area contributed by atoms with E-state index in [9.17, 15) is 23.6 Å². The molecular formula is C18H30IN5O6S. The van der Waals surface area contributed by atoms with Gasteiger partial charge in [0, 0.05) is 50.4 Å². The highest BCUT2D eigenvalue weighted by molar-refractivity contribution is 14.0. The number of hydrogen-bond acceptors (Lipinski definition) is 7. The summed E-state index contributed by atoms with van der Waals surface area (Å²) < 4.78 is 32.6. The van der Waals surface area contributed by atoms with E-state index >= 15 is 0 Å². The quantitative estimate of drug-likeness (QED) is 0.0761. The molecule has 0 radical (unpaired) electrons. The largest absolute Gasteiger partial charge is 0.396 e. The highest BCUT2D eigenvalue weighted by atomic mass is 127. The molecule has 4 N–H and O–H groups in total. The van der Waals surface area contributed by atoms with E-state index < -0.39 is 14.9 Å². The van der Waals surface area contributed by atoms with Gasteiger partial charge in [0.1, 0.15) is 0 Å². The fourth-order valence-corrected chi connectivity index (χ4v) is 4.16. The molecule has 1 aromatic rings. The Labute approximate surface area is 199 Å². The number of guanidine groups is 1. The number of aliphatic hydroxyl groups excluding tert-OH is 1. The van der Waals surface area contributed by atoms with E-state index in [0.717, 1.165) is 12.5 Å².